The van der Waals surface area contributed by atoms with Crippen LogP contribution in [-0.2, 0) is 6.54 Å². The van der Waals surface area contributed by atoms with Gasteiger partial charge in [0.25, 0.3) is 0 Å². The molecule has 0 atom stereocenters. The lowest BCUT2D eigenvalue weighted by molar-refractivity contribution is 0.152. The number of methoxy groups -OCH3 is 1. The molecule has 4 heteroatoms. The van der Waals surface area contributed by atoms with Crippen molar-refractivity contribution in [2.24, 2.45) is 0 Å². The zero-order chi connectivity index (χ0) is 13.5. The Balaban J connectivity index is 2.01. The van der Waals surface area contributed by atoms with Crippen molar-refractivity contribution < 1.29 is 4.74 Å². The van der Waals surface area contributed by atoms with Gasteiger partial charge in [-0.15, -0.1) is 0 Å². The molecule has 19 heavy (non-hydrogen) atoms. The van der Waals surface area contributed by atoms with E-state index >= 15 is 0 Å². The van der Waals surface area contributed by atoms with Crippen molar-refractivity contribution in [1.29, 1.82) is 0 Å². The first-order valence-corrected chi connectivity index (χ1v) is 7.28. The molecule has 4 nitrogen and oxygen atoms in total. The van der Waals surface area contributed by atoms with Crippen molar-refractivity contribution in [3.05, 3.63) is 23.9 Å². The molecule has 0 unspecified atom stereocenters. The van der Waals surface area contributed by atoms with E-state index < -0.39 is 0 Å². The van der Waals surface area contributed by atoms with Gasteiger partial charge in [0.15, 0.2) is 0 Å². The zero-order valence-corrected chi connectivity index (χ0v) is 12.1. The van der Waals surface area contributed by atoms with Gasteiger partial charge in [-0.25, -0.2) is 4.98 Å². The highest BCUT2D eigenvalue weighted by Gasteiger charge is 2.20. The van der Waals surface area contributed by atoms with Crippen molar-refractivity contribution in [2.75, 3.05) is 26.7 Å². The van der Waals surface area contributed by atoms with Crippen LogP contribution in [0.25, 0.3) is 0 Å². The molecule has 0 radical (unpaired) electrons. The fourth-order valence-corrected chi connectivity index (χ4v) is 2.72. The van der Waals surface area contributed by atoms with Crippen LogP contribution >= 0.6 is 0 Å². The minimum Gasteiger partial charge on any atom is -0.481 e. The number of rotatable bonds is 6. The normalized spacial score (nSPS) is 16.8. The van der Waals surface area contributed by atoms with Gasteiger partial charge >= 0.3 is 0 Å². The molecule has 1 aliphatic rings. The second-order valence-corrected chi connectivity index (χ2v) is 5.12. The molecule has 0 spiro atoms. The molecule has 1 saturated heterocycles. The second kappa shape index (κ2) is 7.46. The lowest BCUT2D eigenvalue weighted by Crippen LogP contribution is -2.43. The average molecular weight is 263 g/mol. The molecule has 0 bridgehead atoms. The maximum absolute atomic E-state index is 5.20. The maximum Gasteiger partial charge on any atom is 0.213 e. The fraction of sp³-hybridized carbons (Fsp3) is 0.667. The summed E-state index contributed by atoms with van der Waals surface area (Å²) >= 11 is 0. The summed E-state index contributed by atoms with van der Waals surface area (Å²) in [6, 6.07) is 6.70. The quantitative estimate of drug-likeness (QED) is 0.852. The van der Waals surface area contributed by atoms with Crippen LogP contribution in [0, 0.1) is 0 Å². The molecule has 0 amide bonds. The number of hydrogen-bond donors (Lipinski definition) is 1. The minimum absolute atomic E-state index is 0.689. The van der Waals surface area contributed by atoms with Gasteiger partial charge in [-0.3, -0.25) is 4.90 Å². The molecule has 1 N–H and O–H groups in total. The number of hydrogen-bond acceptors (Lipinski definition) is 4. The van der Waals surface area contributed by atoms with Crippen LogP contribution in [0.4, 0.5) is 0 Å². The second-order valence-electron chi connectivity index (χ2n) is 5.12. The van der Waals surface area contributed by atoms with Gasteiger partial charge in [-0.2, -0.15) is 0 Å². The van der Waals surface area contributed by atoms with Crippen molar-refractivity contribution in [3.63, 3.8) is 0 Å². The van der Waals surface area contributed by atoms with Crippen molar-refractivity contribution in [1.82, 2.24) is 15.2 Å². The lowest BCUT2D eigenvalue weighted by Gasteiger charge is -2.34. The fourth-order valence-electron chi connectivity index (χ4n) is 2.72. The Bertz CT molecular complexity index is 377. The van der Waals surface area contributed by atoms with Gasteiger partial charge in [0.05, 0.1) is 12.8 Å². The van der Waals surface area contributed by atoms with Crippen LogP contribution in [0.3, 0.4) is 0 Å². The molecule has 1 aromatic rings. The molecule has 0 aromatic carbocycles. The average Bonchev–Trinajstić information content (AvgIpc) is 2.48. The highest BCUT2D eigenvalue weighted by molar-refractivity contribution is 5.15. The third kappa shape index (κ3) is 4.18. The third-order valence-corrected chi connectivity index (χ3v) is 3.69. The molecule has 0 aliphatic carbocycles. The monoisotopic (exact) mass is 263 g/mol. The topological polar surface area (TPSA) is 37.4 Å². The van der Waals surface area contributed by atoms with E-state index in [1.807, 2.05) is 12.1 Å². The van der Waals surface area contributed by atoms with E-state index in [-0.39, 0.29) is 0 Å². The predicted molar refractivity (Wildman–Crippen MR) is 77.4 cm³/mol. The minimum atomic E-state index is 0.689. The third-order valence-electron chi connectivity index (χ3n) is 3.69. The Morgan fingerprint density at radius 1 is 1.37 bits per heavy atom. The van der Waals surface area contributed by atoms with Crippen molar-refractivity contribution in [3.8, 4) is 5.88 Å². The number of nitrogens with zero attached hydrogens (tertiary/aromatic N) is 2. The van der Waals surface area contributed by atoms with E-state index in [1.165, 1.54) is 19.3 Å². The highest BCUT2D eigenvalue weighted by atomic mass is 16.5. The molecule has 1 fully saturated rings. The molecular weight excluding hydrogens is 238 g/mol. The van der Waals surface area contributed by atoms with Crippen LogP contribution in [0.2, 0.25) is 0 Å². The van der Waals surface area contributed by atoms with E-state index in [2.05, 4.69) is 28.2 Å². The van der Waals surface area contributed by atoms with E-state index in [0.29, 0.717) is 11.9 Å². The van der Waals surface area contributed by atoms with Gasteiger partial charge < -0.3 is 10.1 Å². The number of nitrogens with one attached hydrogen (secondary N) is 1. The summed E-state index contributed by atoms with van der Waals surface area (Å²) in [6.07, 6.45) is 3.67. The van der Waals surface area contributed by atoms with E-state index in [0.717, 1.165) is 31.9 Å². The summed E-state index contributed by atoms with van der Waals surface area (Å²) in [5, 5.41) is 3.43. The Labute approximate surface area is 116 Å². The Hall–Kier alpha value is -1.13. The number of aromatic nitrogens is 1. The molecule has 2 heterocycles. The summed E-state index contributed by atoms with van der Waals surface area (Å²) in [6.45, 7) is 6.58. The van der Waals surface area contributed by atoms with Crippen molar-refractivity contribution >= 4 is 0 Å². The van der Waals surface area contributed by atoms with Crippen molar-refractivity contribution in [2.45, 2.75) is 38.8 Å². The molecule has 2 rings (SSSR count). The maximum atomic E-state index is 5.20. The molecule has 106 valence electrons. The summed E-state index contributed by atoms with van der Waals surface area (Å²) in [7, 11) is 1.67. The SMILES string of the molecule is CCCN(Cc1cccc(OC)n1)C1CCNCC1. The van der Waals surface area contributed by atoms with Crippen LogP contribution in [0.15, 0.2) is 18.2 Å². The summed E-state index contributed by atoms with van der Waals surface area (Å²) in [4.78, 5) is 7.10. The zero-order valence-electron chi connectivity index (χ0n) is 12.1. The van der Waals surface area contributed by atoms with Gasteiger partial charge in [-0.05, 0) is 45.0 Å². The van der Waals surface area contributed by atoms with E-state index in [9.17, 15) is 0 Å². The Kier molecular flexibility index (Phi) is 5.61. The van der Waals surface area contributed by atoms with E-state index in [1.54, 1.807) is 7.11 Å². The first-order valence-electron chi connectivity index (χ1n) is 7.28. The number of ether oxygens (including phenoxy) is 1. The lowest BCUT2D eigenvalue weighted by atomic mass is 10.0. The Morgan fingerprint density at radius 2 is 2.16 bits per heavy atom. The molecule has 1 aliphatic heterocycles. The first-order chi connectivity index (χ1) is 9.33. The first kappa shape index (κ1) is 14.3. The van der Waals surface area contributed by atoms with Gasteiger partial charge in [0, 0.05) is 18.7 Å². The molecular formula is C15H25N3O. The van der Waals surface area contributed by atoms with Crippen LogP contribution in [0.5, 0.6) is 5.88 Å². The largest absolute Gasteiger partial charge is 0.481 e. The van der Waals surface area contributed by atoms with Gasteiger partial charge in [0.1, 0.15) is 0 Å². The van der Waals surface area contributed by atoms with Crippen LogP contribution in [-0.4, -0.2) is 42.7 Å². The number of pyridine rings is 1. The van der Waals surface area contributed by atoms with Crippen LogP contribution in [0.1, 0.15) is 31.9 Å². The van der Waals surface area contributed by atoms with Crippen LogP contribution < -0.4 is 10.1 Å². The smallest absolute Gasteiger partial charge is 0.213 e. The number of piperidine rings is 1. The molecule has 0 saturated carbocycles. The Morgan fingerprint density at radius 3 is 2.84 bits per heavy atom. The predicted octanol–water partition coefficient (Wildman–Crippen LogP) is 2.05. The summed E-state index contributed by atoms with van der Waals surface area (Å²) in [5.74, 6) is 0.708. The summed E-state index contributed by atoms with van der Waals surface area (Å²) in [5.41, 5.74) is 1.10. The van der Waals surface area contributed by atoms with Gasteiger partial charge in [-0.1, -0.05) is 13.0 Å². The van der Waals surface area contributed by atoms with Gasteiger partial charge in [0.2, 0.25) is 5.88 Å². The highest BCUT2D eigenvalue weighted by Crippen LogP contribution is 2.16. The standard InChI is InChI=1S/C15H25N3O/c1-3-11-18(14-7-9-16-10-8-14)12-13-5-4-6-15(17-13)19-2/h4-6,14,16H,3,7-12H2,1-2H3. The summed E-state index contributed by atoms with van der Waals surface area (Å²) < 4.78 is 5.20. The van der Waals surface area contributed by atoms with E-state index in [4.69, 9.17) is 4.74 Å². The molecule has 1 aromatic heterocycles.